The number of sulfonamides is 1. The summed E-state index contributed by atoms with van der Waals surface area (Å²) >= 11 is 0. The Labute approximate surface area is 165 Å². The lowest BCUT2D eigenvalue weighted by molar-refractivity contribution is -0.120. The first-order valence-corrected chi connectivity index (χ1v) is 10.4. The van der Waals surface area contributed by atoms with Crippen LogP contribution in [0.25, 0.3) is 10.8 Å². The number of hydrogen-bond acceptors (Lipinski definition) is 4. The Balaban J connectivity index is 1.64. The fourth-order valence-electron chi connectivity index (χ4n) is 2.94. The monoisotopic (exact) mass is 397 g/mol. The molecule has 3 aromatic rings. The van der Waals surface area contributed by atoms with Crippen molar-refractivity contribution in [2.75, 3.05) is 12.4 Å². The summed E-state index contributed by atoms with van der Waals surface area (Å²) in [6.45, 7) is 2.46. The van der Waals surface area contributed by atoms with Gasteiger partial charge in [-0.25, -0.2) is 13.6 Å². The highest BCUT2D eigenvalue weighted by Crippen LogP contribution is 2.18. The standard InChI is InChI=1S/C21H23N3O3S/c1-15(21(25)23-19-9-11-20(12-10-19)28(22,26)27)24(2)14-16-7-8-17-5-3-4-6-18(17)13-16/h3-13,15H,14H2,1-2H3,(H,23,25)(H2,22,26,27). The molecular formula is C21H23N3O3S. The first kappa shape index (κ1) is 20.0. The van der Waals surface area contributed by atoms with Crippen molar-refractivity contribution in [1.29, 1.82) is 0 Å². The number of nitrogens with two attached hydrogens (primary N) is 1. The number of nitrogens with one attached hydrogen (secondary N) is 1. The summed E-state index contributed by atoms with van der Waals surface area (Å²) in [6, 6.07) is 19.8. The summed E-state index contributed by atoms with van der Waals surface area (Å²) in [5, 5.41) is 10.2. The Hall–Kier alpha value is -2.74. The Kier molecular flexibility index (Phi) is 5.79. The molecule has 28 heavy (non-hydrogen) atoms. The van der Waals surface area contributed by atoms with E-state index in [4.69, 9.17) is 5.14 Å². The molecule has 146 valence electrons. The summed E-state index contributed by atoms with van der Waals surface area (Å²) in [7, 11) is -1.86. The second kappa shape index (κ2) is 8.10. The predicted molar refractivity (Wildman–Crippen MR) is 111 cm³/mol. The molecule has 0 saturated carbocycles. The Morgan fingerprint density at radius 2 is 1.68 bits per heavy atom. The van der Waals surface area contributed by atoms with Crippen LogP contribution in [0.5, 0.6) is 0 Å². The number of fused-ring (bicyclic) bond motifs is 1. The topological polar surface area (TPSA) is 92.5 Å². The molecule has 0 heterocycles. The minimum Gasteiger partial charge on any atom is -0.325 e. The molecule has 1 amide bonds. The van der Waals surface area contributed by atoms with Crippen LogP contribution < -0.4 is 10.5 Å². The van der Waals surface area contributed by atoms with Gasteiger partial charge in [0.15, 0.2) is 0 Å². The molecule has 0 saturated heterocycles. The third-order valence-electron chi connectivity index (χ3n) is 4.74. The number of carbonyl (C=O) groups is 1. The van der Waals surface area contributed by atoms with Crippen LogP contribution in [0, 0.1) is 0 Å². The van der Waals surface area contributed by atoms with Crippen molar-refractivity contribution in [3.05, 3.63) is 72.3 Å². The van der Waals surface area contributed by atoms with Crippen molar-refractivity contribution in [2.24, 2.45) is 5.14 Å². The van der Waals surface area contributed by atoms with Crippen molar-refractivity contribution < 1.29 is 13.2 Å². The maximum absolute atomic E-state index is 12.5. The molecular weight excluding hydrogens is 374 g/mol. The molecule has 3 rings (SSSR count). The highest BCUT2D eigenvalue weighted by molar-refractivity contribution is 7.89. The second-order valence-corrected chi connectivity index (χ2v) is 8.39. The van der Waals surface area contributed by atoms with Crippen molar-refractivity contribution >= 4 is 32.4 Å². The predicted octanol–water partition coefficient (Wildman–Crippen LogP) is 2.95. The molecule has 1 atom stereocenters. The quantitative estimate of drug-likeness (QED) is 0.669. The average Bonchev–Trinajstić information content (AvgIpc) is 2.67. The van der Waals surface area contributed by atoms with Gasteiger partial charge < -0.3 is 5.32 Å². The number of benzene rings is 3. The van der Waals surface area contributed by atoms with Crippen molar-refractivity contribution in [1.82, 2.24) is 4.90 Å². The number of primary sulfonamides is 1. The van der Waals surface area contributed by atoms with Crippen LogP contribution >= 0.6 is 0 Å². The SMILES string of the molecule is CC(C(=O)Nc1ccc(S(N)(=O)=O)cc1)N(C)Cc1ccc2ccccc2c1. The molecule has 0 aliphatic rings. The first-order valence-electron chi connectivity index (χ1n) is 8.86. The van der Waals surface area contributed by atoms with Gasteiger partial charge in [0.2, 0.25) is 15.9 Å². The second-order valence-electron chi connectivity index (χ2n) is 6.83. The van der Waals surface area contributed by atoms with E-state index >= 15 is 0 Å². The van der Waals surface area contributed by atoms with E-state index in [0.29, 0.717) is 12.2 Å². The van der Waals surface area contributed by atoms with E-state index < -0.39 is 10.0 Å². The van der Waals surface area contributed by atoms with E-state index in [0.717, 1.165) is 5.56 Å². The van der Waals surface area contributed by atoms with Gasteiger partial charge >= 0.3 is 0 Å². The van der Waals surface area contributed by atoms with Gasteiger partial charge in [-0.15, -0.1) is 0 Å². The van der Waals surface area contributed by atoms with Gasteiger partial charge in [-0.2, -0.15) is 0 Å². The largest absolute Gasteiger partial charge is 0.325 e. The molecule has 3 N–H and O–H groups in total. The molecule has 3 aromatic carbocycles. The van der Waals surface area contributed by atoms with Crippen LogP contribution in [0.1, 0.15) is 12.5 Å². The molecule has 1 unspecified atom stereocenters. The van der Waals surface area contributed by atoms with Crippen molar-refractivity contribution in [3.8, 4) is 0 Å². The Morgan fingerprint density at radius 3 is 2.32 bits per heavy atom. The lowest BCUT2D eigenvalue weighted by atomic mass is 10.1. The first-order chi connectivity index (χ1) is 13.2. The van der Waals surface area contributed by atoms with Crippen molar-refractivity contribution in [3.63, 3.8) is 0 Å². The van der Waals surface area contributed by atoms with Gasteiger partial charge in [-0.05, 0) is 60.6 Å². The minimum atomic E-state index is -3.75. The number of likely N-dealkylation sites (N-methyl/N-ethyl adjacent to an activating group) is 1. The summed E-state index contributed by atoms with van der Waals surface area (Å²) in [6.07, 6.45) is 0. The molecule has 6 nitrogen and oxygen atoms in total. The van der Waals surface area contributed by atoms with Crippen molar-refractivity contribution in [2.45, 2.75) is 24.4 Å². The molecule has 0 aromatic heterocycles. The third-order valence-corrected chi connectivity index (χ3v) is 5.67. The van der Waals surface area contributed by atoms with Gasteiger partial charge in [-0.3, -0.25) is 9.69 Å². The summed E-state index contributed by atoms with van der Waals surface area (Å²) in [4.78, 5) is 14.5. The normalized spacial score (nSPS) is 12.9. The van der Waals surface area contributed by atoms with E-state index in [-0.39, 0.29) is 16.8 Å². The maximum Gasteiger partial charge on any atom is 0.241 e. The summed E-state index contributed by atoms with van der Waals surface area (Å²) in [5.74, 6) is -0.174. The zero-order chi connectivity index (χ0) is 20.3. The van der Waals surface area contributed by atoms with Crippen LogP contribution in [-0.4, -0.2) is 32.3 Å². The molecule has 7 heteroatoms. The fraction of sp³-hybridized carbons (Fsp3) is 0.190. The van der Waals surface area contributed by atoms with E-state index in [9.17, 15) is 13.2 Å². The number of rotatable bonds is 6. The van der Waals surface area contributed by atoms with Crippen LogP contribution in [-0.2, 0) is 21.4 Å². The number of nitrogens with zero attached hydrogens (tertiary/aromatic N) is 1. The summed E-state index contributed by atoms with van der Waals surface area (Å²) < 4.78 is 22.6. The molecule has 0 spiro atoms. The van der Waals surface area contributed by atoms with E-state index in [1.54, 1.807) is 0 Å². The Bertz CT molecular complexity index is 1100. The number of hydrogen-bond donors (Lipinski definition) is 2. The number of amides is 1. The molecule has 0 aliphatic heterocycles. The van der Waals surface area contributed by atoms with Gasteiger partial charge in [-0.1, -0.05) is 36.4 Å². The van der Waals surface area contributed by atoms with E-state index in [1.165, 1.54) is 35.0 Å². The molecule has 0 bridgehead atoms. The van der Waals surface area contributed by atoms with Crippen LogP contribution in [0.2, 0.25) is 0 Å². The van der Waals surface area contributed by atoms with Gasteiger partial charge in [0.05, 0.1) is 10.9 Å². The Morgan fingerprint density at radius 1 is 1.04 bits per heavy atom. The maximum atomic E-state index is 12.5. The third kappa shape index (κ3) is 4.75. The zero-order valence-corrected chi connectivity index (χ0v) is 16.6. The van der Waals surface area contributed by atoms with Gasteiger partial charge in [0.1, 0.15) is 0 Å². The van der Waals surface area contributed by atoms with Crippen LogP contribution in [0.4, 0.5) is 5.69 Å². The van der Waals surface area contributed by atoms with E-state index in [1.807, 2.05) is 31.0 Å². The van der Waals surface area contributed by atoms with Crippen LogP contribution in [0.3, 0.4) is 0 Å². The molecule has 0 fully saturated rings. The smallest absolute Gasteiger partial charge is 0.241 e. The van der Waals surface area contributed by atoms with E-state index in [2.05, 4.69) is 35.6 Å². The fourth-order valence-corrected chi connectivity index (χ4v) is 3.45. The van der Waals surface area contributed by atoms with Gasteiger partial charge in [0.25, 0.3) is 0 Å². The molecule has 0 aliphatic carbocycles. The number of carbonyl (C=O) groups excluding carboxylic acids is 1. The molecule has 0 radical (unpaired) electrons. The lowest BCUT2D eigenvalue weighted by Crippen LogP contribution is -2.39. The summed E-state index contributed by atoms with van der Waals surface area (Å²) in [5.41, 5.74) is 1.64. The lowest BCUT2D eigenvalue weighted by Gasteiger charge is -2.24. The van der Waals surface area contributed by atoms with Crippen LogP contribution in [0.15, 0.2) is 71.6 Å². The highest BCUT2D eigenvalue weighted by Gasteiger charge is 2.18. The highest BCUT2D eigenvalue weighted by atomic mass is 32.2. The minimum absolute atomic E-state index is 0.00645. The number of anilines is 1. The van der Waals surface area contributed by atoms with Gasteiger partial charge in [0, 0.05) is 12.2 Å². The average molecular weight is 398 g/mol. The zero-order valence-electron chi connectivity index (χ0n) is 15.8.